The zero-order chi connectivity index (χ0) is 15.1. The van der Waals surface area contributed by atoms with E-state index < -0.39 is 0 Å². The van der Waals surface area contributed by atoms with Crippen LogP contribution < -0.4 is 0 Å². The van der Waals surface area contributed by atoms with Crippen LogP contribution in [-0.2, 0) is 7.05 Å². The fourth-order valence-electron chi connectivity index (χ4n) is 2.01. The summed E-state index contributed by atoms with van der Waals surface area (Å²) < 4.78 is 12.5. The van der Waals surface area contributed by atoms with Gasteiger partial charge in [-0.05, 0) is 30.8 Å². The Labute approximate surface area is 128 Å². The normalized spacial score (nSPS) is 11.4. The highest BCUT2D eigenvalue weighted by Gasteiger charge is 2.16. The molecular formula is C13H10N6O2S. The van der Waals surface area contributed by atoms with Crippen molar-refractivity contribution in [3.05, 3.63) is 30.4 Å². The lowest BCUT2D eigenvalue weighted by molar-refractivity contribution is 0.447. The average molecular weight is 314 g/mol. The molecule has 4 heterocycles. The molecule has 0 aliphatic carbocycles. The molecule has 4 aromatic heterocycles. The van der Waals surface area contributed by atoms with Crippen LogP contribution in [0.5, 0.6) is 0 Å². The Kier molecular flexibility index (Phi) is 2.93. The second-order valence-corrected chi connectivity index (χ2v) is 5.47. The molecule has 0 aliphatic heterocycles. The molecule has 0 aromatic carbocycles. The van der Waals surface area contributed by atoms with Gasteiger partial charge in [-0.3, -0.25) is 4.68 Å². The fourth-order valence-corrected chi connectivity index (χ4v) is 2.81. The zero-order valence-corrected chi connectivity index (χ0v) is 12.5. The average Bonchev–Trinajstić information content (AvgIpc) is 3.20. The minimum Gasteiger partial charge on any atom is -0.459 e. The highest BCUT2D eigenvalue weighted by Crippen LogP contribution is 2.32. The summed E-state index contributed by atoms with van der Waals surface area (Å²) in [7, 11) is 1.84. The first kappa shape index (κ1) is 13.0. The minimum atomic E-state index is 0.334. The summed E-state index contributed by atoms with van der Waals surface area (Å²) in [5, 5.41) is 14.1. The molecule has 0 saturated carbocycles. The first-order valence-corrected chi connectivity index (χ1v) is 7.24. The van der Waals surface area contributed by atoms with E-state index in [0.29, 0.717) is 22.7 Å². The second-order valence-electron chi connectivity index (χ2n) is 4.53. The first-order chi connectivity index (χ1) is 10.7. The van der Waals surface area contributed by atoms with E-state index >= 15 is 0 Å². The van der Waals surface area contributed by atoms with Crippen molar-refractivity contribution in [2.45, 2.75) is 17.2 Å². The molecule has 0 aliphatic rings. The largest absolute Gasteiger partial charge is 0.459 e. The molecule has 22 heavy (non-hydrogen) atoms. The molecule has 8 nitrogen and oxygen atoms in total. The predicted molar refractivity (Wildman–Crippen MR) is 77.2 cm³/mol. The van der Waals surface area contributed by atoms with Crippen LogP contribution in [0.3, 0.4) is 0 Å². The number of furan rings is 1. The number of aryl methyl sites for hydroxylation is 2. The van der Waals surface area contributed by atoms with Crippen molar-refractivity contribution < 1.29 is 8.83 Å². The third-order valence-corrected chi connectivity index (χ3v) is 3.84. The molecule has 0 N–H and O–H groups in total. The van der Waals surface area contributed by atoms with Gasteiger partial charge in [0.25, 0.3) is 11.1 Å². The highest BCUT2D eigenvalue weighted by molar-refractivity contribution is 7.99. The SMILES string of the molecule is Cc1nc(Sc2nnc(-c3ccco3)o2)c2cnn(C)c2n1. The van der Waals surface area contributed by atoms with Crippen LogP contribution in [0.4, 0.5) is 0 Å². The van der Waals surface area contributed by atoms with Gasteiger partial charge in [0.1, 0.15) is 10.9 Å². The number of hydrogen-bond donors (Lipinski definition) is 0. The summed E-state index contributed by atoms with van der Waals surface area (Å²) in [6.07, 6.45) is 3.28. The summed E-state index contributed by atoms with van der Waals surface area (Å²) in [6, 6.07) is 3.52. The van der Waals surface area contributed by atoms with Crippen LogP contribution >= 0.6 is 11.8 Å². The Morgan fingerprint density at radius 3 is 2.95 bits per heavy atom. The second kappa shape index (κ2) is 4.95. The molecule has 0 radical (unpaired) electrons. The molecule has 4 rings (SSSR count). The first-order valence-electron chi connectivity index (χ1n) is 6.42. The number of rotatable bonds is 3. The van der Waals surface area contributed by atoms with E-state index in [1.165, 1.54) is 11.8 Å². The van der Waals surface area contributed by atoms with Crippen molar-refractivity contribution in [1.29, 1.82) is 0 Å². The lowest BCUT2D eigenvalue weighted by atomic mass is 10.4. The van der Waals surface area contributed by atoms with E-state index in [9.17, 15) is 0 Å². The van der Waals surface area contributed by atoms with Crippen LogP contribution in [0.25, 0.3) is 22.7 Å². The van der Waals surface area contributed by atoms with Crippen molar-refractivity contribution >= 4 is 22.8 Å². The Hall–Kier alpha value is -2.68. The predicted octanol–water partition coefficient (Wildman–Crippen LogP) is 2.47. The van der Waals surface area contributed by atoms with Gasteiger partial charge < -0.3 is 8.83 Å². The summed E-state index contributed by atoms with van der Waals surface area (Å²) in [5.41, 5.74) is 0.765. The van der Waals surface area contributed by atoms with Crippen molar-refractivity contribution in [3.63, 3.8) is 0 Å². The van der Waals surface area contributed by atoms with Crippen molar-refractivity contribution in [1.82, 2.24) is 29.9 Å². The molecule has 0 spiro atoms. The molecule has 4 aromatic rings. The summed E-state index contributed by atoms with van der Waals surface area (Å²) >= 11 is 1.28. The monoisotopic (exact) mass is 314 g/mol. The van der Waals surface area contributed by atoms with Gasteiger partial charge in [0.15, 0.2) is 11.4 Å². The molecule has 0 atom stereocenters. The highest BCUT2D eigenvalue weighted by atomic mass is 32.2. The van der Waals surface area contributed by atoms with Gasteiger partial charge in [0, 0.05) is 7.05 Å². The minimum absolute atomic E-state index is 0.334. The van der Waals surface area contributed by atoms with Gasteiger partial charge in [-0.1, -0.05) is 0 Å². The maximum Gasteiger partial charge on any atom is 0.284 e. The van der Waals surface area contributed by atoms with E-state index in [1.807, 2.05) is 14.0 Å². The van der Waals surface area contributed by atoms with E-state index in [4.69, 9.17) is 8.83 Å². The maximum atomic E-state index is 5.59. The Balaban J connectivity index is 1.72. The molecule has 9 heteroatoms. The third-order valence-electron chi connectivity index (χ3n) is 2.99. The molecule has 110 valence electrons. The fraction of sp³-hybridized carbons (Fsp3) is 0.154. The Bertz CT molecular complexity index is 943. The smallest absolute Gasteiger partial charge is 0.284 e. The van der Waals surface area contributed by atoms with Gasteiger partial charge in [-0.2, -0.15) is 5.10 Å². The summed E-state index contributed by atoms with van der Waals surface area (Å²) in [6.45, 7) is 1.83. The van der Waals surface area contributed by atoms with Gasteiger partial charge in [0.2, 0.25) is 0 Å². The Morgan fingerprint density at radius 2 is 2.14 bits per heavy atom. The summed E-state index contributed by atoms with van der Waals surface area (Å²) in [5.74, 6) is 1.52. The molecule has 0 amide bonds. The topological polar surface area (TPSA) is 95.7 Å². The molecule has 0 saturated heterocycles. The van der Waals surface area contributed by atoms with E-state index in [2.05, 4.69) is 25.3 Å². The van der Waals surface area contributed by atoms with Crippen molar-refractivity contribution in [3.8, 4) is 11.7 Å². The molecular weight excluding hydrogens is 304 g/mol. The van der Waals surface area contributed by atoms with Gasteiger partial charge in [-0.25, -0.2) is 9.97 Å². The standard InChI is InChI=1S/C13H10N6O2S/c1-7-15-10-8(6-14-19(10)2)12(16-7)22-13-18-17-11(21-13)9-4-3-5-20-9/h3-6H,1-2H3. The lowest BCUT2D eigenvalue weighted by Crippen LogP contribution is -1.96. The van der Waals surface area contributed by atoms with Crippen LogP contribution in [-0.4, -0.2) is 29.9 Å². The van der Waals surface area contributed by atoms with Crippen LogP contribution in [0, 0.1) is 6.92 Å². The van der Waals surface area contributed by atoms with Gasteiger partial charge in [0.05, 0.1) is 17.8 Å². The van der Waals surface area contributed by atoms with Crippen molar-refractivity contribution in [2.75, 3.05) is 0 Å². The van der Waals surface area contributed by atoms with Crippen molar-refractivity contribution in [2.24, 2.45) is 7.05 Å². The number of fused-ring (bicyclic) bond motifs is 1. The van der Waals surface area contributed by atoms with Crippen LogP contribution in [0.15, 0.2) is 43.7 Å². The number of nitrogens with zero attached hydrogens (tertiary/aromatic N) is 6. The summed E-state index contributed by atoms with van der Waals surface area (Å²) in [4.78, 5) is 8.81. The molecule has 0 bridgehead atoms. The number of aromatic nitrogens is 6. The van der Waals surface area contributed by atoms with Crippen LogP contribution in [0.1, 0.15) is 5.82 Å². The number of hydrogen-bond acceptors (Lipinski definition) is 8. The Morgan fingerprint density at radius 1 is 1.23 bits per heavy atom. The zero-order valence-electron chi connectivity index (χ0n) is 11.7. The lowest BCUT2D eigenvalue weighted by Gasteiger charge is -2.00. The van der Waals surface area contributed by atoms with E-state index in [0.717, 1.165) is 16.1 Å². The van der Waals surface area contributed by atoms with Crippen LogP contribution in [0.2, 0.25) is 0 Å². The third kappa shape index (κ3) is 2.15. The van der Waals surface area contributed by atoms with E-state index in [-0.39, 0.29) is 0 Å². The molecule has 0 fully saturated rings. The quantitative estimate of drug-likeness (QED) is 0.532. The van der Waals surface area contributed by atoms with Gasteiger partial charge in [-0.15, -0.1) is 10.2 Å². The van der Waals surface area contributed by atoms with E-state index in [1.54, 1.807) is 29.3 Å². The molecule has 0 unspecified atom stereocenters. The maximum absolute atomic E-state index is 5.59. The van der Waals surface area contributed by atoms with Gasteiger partial charge >= 0.3 is 0 Å².